The molecule has 0 bridgehead atoms. The molecule has 2 N–H and O–H groups in total. The predicted octanol–water partition coefficient (Wildman–Crippen LogP) is 1.49. The molecule has 1 saturated carbocycles. The first kappa shape index (κ1) is 11.6. The second-order valence-corrected chi connectivity index (χ2v) is 4.89. The first-order chi connectivity index (χ1) is 8.83. The number of nitrogens with one attached hydrogen (secondary N) is 1. The second-order valence-electron chi connectivity index (χ2n) is 4.89. The van der Waals surface area contributed by atoms with Crippen LogP contribution in [0.25, 0.3) is 11.0 Å². The second kappa shape index (κ2) is 5.00. The summed E-state index contributed by atoms with van der Waals surface area (Å²) in [5.74, 6) is 0.514. The summed E-state index contributed by atoms with van der Waals surface area (Å²) in [6.45, 7) is 1.29. The number of aromatic nitrogens is 2. The molecule has 1 unspecified atom stereocenters. The van der Waals surface area contributed by atoms with E-state index in [2.05, 4.69) is 15.3 Å². The molecule has 0 radical (unpaired) electrons. The summed E-state index contributed by atoms with van der Waals surface area (Å²) < 4.78 is 0. The number of benzene rings is 1. The minimum atomic E-state index is -0.210. The summed E-state index contributed by atoms with van der Waals surface area (Å²) in [5, 5.41) is 13.0. The van der Waals surface area contributed by atoms with Gasteiger partial charge in [0.15, 0.2) is 0 Å². The van der Waals surface area contributed by atoms with E-state index >= 15 is 0 Å². The van der Waals surface area contributed by atoms with E-state index < -0.39 is 0 Å². The SMILES string of the molecule is OC(CNCc1cnc2ccccc2n1)C1CC1. The molecule has 1 aromatic carbocycles. The molecular weight excluding hydrogens is 226 g/mol. The molecule has 0 spiro atoms. The van der Waals surface area contributed by atoms with Gasteiger partial charge in [-0.2, -0.15) is 0 Å². The monoisotopic (exact) mass is 243 g/mol. The minimum Gasteiger partial charge on any atom is -0.392 e. The van der Waals surface area contributed by atoms with Gasteiger partial charge in [0.2, 0.25) is 0 Å². The molecule has 4 nitrogen and oxygen atoms in total. The Kier molecular flexibility index (Phi) is 3.21. The molecule has 2 aromatic rings. The summed E-state index contributed by atoms with van der Waals surface area (Å²) in [6.07, 6.45) is 3.91. The quantitative estimate of drug-likeness (QED) is 0.835. The molecule has 1 aliphatic carbocycles. The van der Waals surface area contributed by atoms with Crippen molar-refractivity contribution < 1.29 is 5.11 Å². The van der Waals surface area contributed by atoms with Gasteiger partial charge in [0, 0.05) is 13.1 Å². The molecule has 1 aromatic heterocycles. The van der Waals surface area contributed by atoms with Crippen molar-refractivity contribution in [2.24, 2.45) is 5.92 Å². The van der Waals surface area contributed by atoms with Gasteiger partial charge >= 0.3 is 0 Å². The smallest absolute Gasteiger partial charge is 0.0890 e. The average Bonchev–Trinajstić information content (AvgIpc) is 3.23. The number of rotatable bonds is 5. The minimum absolute atomic E-state index is 0.210. The van der Waals surface area contributed by atoms with Crippen molar-refractivity contribution in [3.63, 3.8) is 0 Å². The summed E-state index contributed by atoms with van der Waals surface area (Å²) >= 11 is 0. The fraction of sp³-hybridized carbons (Fsp3) is 0.429. The normalized spacial score (nSPS) is 16.9. The molecule has 1 aliphatic rings. The van der Waals surface area contributed by atoms with Gasteiger partial charge in [0.25, 0.3) is 0 Å². The van der Waals surface area contributed by atoms with Crippen LogP contribution < -0.4 is 5.32 Å². The van der Waals surface area contributed by atoms with Crippen molar-refractivity contribution >= 4 is 11.0 Å². The van der Waals surface area contributed by atoms with E-state index in [1.807, 2.05) is 24.3 Å². The van der Waals surface area contributed by atoms with Crippen LogP contribution in [0.4, 0.5) is 0 Å². The highest BCUT2D eigenvalue weighted by Gasteiger charge is 2.29. The van der Waals surface area contributed by atoms with Gasteiger partial charge in [-0.25, -0.2) is 4.98 Å². The van der Waals surface area contributed by atoms with Crippen LogP contribution in [0.5, 0.6) is 0 Å². The van der Waals surface area contributed by atoms with E-state index in [1.165, 1.54) is 12.8 Å². The number of hydrogen-bond acceptors (Lipinski definition) is 4. The van der Waals surface area contributed by atoms with Gasteiger partial charge < -0.3 is 10.4 Å². The maximum atomic E-state index is 9.74. The van der Waals surface area contributed by atoms with Crippen LogP contribution >= 0.6 is 0 Å². The Morgan fingerprint density at radius 3 is 2.83 bits per heavy atom. The molecule has 1 heterocycles. The number of aliphatic hydroxyl groups is 1. The highest BCUT2D eigenvalue weighted by Crippen LogP contribution is 2.32. The average molecular weight is 243 g/mol. The lowest BCUT2D eigenvalue weighted by Crippen LogP contribution is -2.28. The Bertz CT molecular complexity index is 539. The van der Waals surface area contributed by atoms with E-state index in [0.29, 0.717) is 19.0 Å². The Hall–Kier alpha value is -1.52. The van der Waals surface area contributed by atoms with Crippen LogP contribution in [-0.4, -0.2) is 27.7 Å². The van der Waals surface area contributed by atoms with Crippen molar-refractivity contribution in [2.45, 2.75) is 25.5 Å². The molecule has 0 saturated heterocycles. The molecule has 1 fully saturated rings. The fourth-order valence-corrected chi connectivity index (χ4v) is 2.08. The van der Waals surface area contributed by atoms with Crippen LogP contribution in [0, 0.1) is 5.92 Å². The Labute approximate surface area is 106 Å². The van der Waals surface area contributed by atoms with Gasteiger partial charge in [-0.15, -0.1) is 0 Å². The van der Waals surface area contributed by atoms with Gasteiger partial charge in [-0.1, -0.05) is 12.1 Å². The number of nitrogens with zero attached hydrogens (tertiary/aromatic N) is 2. The highest BCUT2D eigenvalue weighted by atomic mass is 16.3. The van der Waals surface area contributed by atoms with Crippen LogP contribution in [0.15, 0.2) is 30.5 Å². The number of para-hydroxylation sites is 2. The molecule has 0 amide bonds. The maximum absolute atomic E-state index is 9.74. The summed E-state index contributed by atoms with van der Waals surface area (Å²) in [6, 6.07) is 7.84. The van der Waals surface area contributed by atoms with Gasteiger partial charge in [0.05, 0.1) is 29.0 Å². The van der Waals surface area contributed by atoms with Gasteiger partial charge in [-0.05, 0) is 30.9 Å². The van der Waals surface area contributed by atoms with E-state index in [1.54, 1.807) is 6.20 Å². The predicted molar refractivity (Wildman–Crippen MR) is 70.0 cm³/mol. The standard InChI is InChI=1S/C14H17N3O/c18-14(10-5-6-10)9-15-7-11-8-16-12-3-1-2-4-13(12)17-11/h1-4,8,10,14-15,18H,5-7,9H2. The number of aliphatic hydroxyl groups excluding tert-OH is 1. The lowest BCUT2D eigenvalue weighted by atomic mass is 10.2. The summed E-state index contributed by atoms with van der Waals surface area (Å²) in [5.41, 5.74) is 2.75. The van der Waals surface area contributed by atoms with Crippen molar-refractivity contribution in [1.29, 1.82) is 0 Å². The molecule has 4 heteroatoms. The van der Waals surface area contributed by atoms with Crippen LogP contribution in [0.3, 0.4) is 0 Å². The van der Waals surface area contributed by atoms with Crippen molar-refractivity contribution in [1.82, 2.24) is 15.3 Å². The largest absolute Gasteiger partial charge is 0.392 e. The topological polar surface area (TPSA) is 58.0 Å². The zero-order valence-electron chi connectivity index (χ0n) is 10.2. The zero-order valence-corrected chi connectivity index (χ0v) is 10.2. The third-order valence-electron chi connectivity index (χ3n) is 3.32. The Morgan fingerprint density at radius 2 is 2.06 bits per heavy atom. The van der Waals surface area contributed by atoms with Crippen LogP contribution in [-0.2, 0) is 6.54 Å². The summed E-state index contributed by atoms with van der Waals surface area (Å²) in [4.78, 5) is 8.89. The van der Waals surface area contributed by atoms with Crippen molar-refractivity contribution in [3.8, 4) is 0 Å². The van der Waals surface area contributed by atoms with Gasteiger partial charge in [-0.3, -0.25) is 4.98 Å². The van der Waals surface area contributed by atoms with Crippen molar-refractivity contribution in [2.75, 3.05) is 6.54 Å². The Balaban J connectivity index is 1.60. The lowest BCUT2D eigenvalue weighted by Gasteiger charge is -2.10. The molecule has 18 heavy (non-hydrogen) atoms. The molecule has 3 rings (SSSR count). The van der Waals surface area contributed by atoms with Crippen LogP contribution in [0.2, 0.25) is 0 Å². The molecule has 0 aliphatic heterocycles. The fourth-order valence-electron chi connectivity index (χ4n) is 2.08. The third kappa shape index (κ3) is 2.66. The number of fused-ring (bicyclic) bond motifs is 1. The Morgan fingerprint density at radius 1 is 1.28 bits per heavy atom. The first-order valence-electron chi connectivity index (χ1n) is 6.42. The van der Waals surface area contributed by atoms with Crippen LogP contribution in [0.1, 0.15) is 18.5 Å². The highest BCUT2D eigenvalue weighted by molar-refractivity contribution is 5.73. The zero-order chi connectivity index (χ0) is 12.4. The molecule has 1 atom stereocenters. The van der Waals surface area contributed by atoms with E-state index in [0.717, 1.165) is 16.7 Å². The lowest BCUT2D eigenvalue weighted by molar-refractivity contribution is 0.148. The van der Waals surface area contributed by atoms with E-state index in [4.69, 9.17) is 0 Å². The van der Waals surface area contributed by atoms with E-state index in [9.17, 15) is 5.11 Å². The molecular formula is C14H17N3O. The molecule has 94 valence electrons. The number of hydrogen-bond donors (Lipinski definition) is 2. The summed E-state index contributed by atoms with van der Waals surface area (Å²) in [7, 11) is 0. The van der Waals surface area contributed by atoms with E-state index in [-0.39, 0.29) is 6.10 Å². The van der Waals surface area contributed by atoms with Gasteiger partial charge in [0.1, 0.15) is 0 Å². The maximum Gasteiger partial charge on any atom is 0.0890 e. The third-order valence-corrected chi connectivity index (χ3v) is 3.32. The first-order valence-corrected chi connectivity index (χ1v) is 6.42. The van der Waals surface area contributed by atoms with Crippen molar-refractivity contribution in [3.05, 3.63) is 36.2 Å².